The molecule has 1 unspecified atom stereocenters. The van der Waals surface area contributed by atoms with Gasteiger partial charge in [-0.1, -0.05) is 30.3 Å². The Morgan fingerprint density at radius 3 is 2.77 bits per heavy atom. The number of hydrogen-bond acceptors (Lipinski definition) is 7. The predicted molar refractivity (Wildman–Crippen MR) is 118 cm³/mol. The van der Waals surface area contributed by atoms with Gasteiger partial charge in [0.25, 0.3) is 0 Å². The van der Waals surface area contributed by atoms with Gasteiger partial charge in [0.1, 0.15) is 22.5 Å². The largest absolute Gasteiger partial charge is 0.379 e. The summed E-state index contributed by atoms with van der Waals surface area (Å²) in [6.45, 7) is 3.89. The number of nitrogens with zero attached hydrogens (tertiary/aromatic N) is 3. The number of morpholine rings is 1. The monoisotopic (exact) mass is 423 g/mol. The molecule has 5 rings (SSSR count). The van der Waals surface area contributed by atoms with Crippen LogP contribution in [-0.4, -0.2) is 47.1 Å². The van der Waals surface area contributed by atoms with E-state index in [9.17, 15) is 4.79 Å². The minimum absolute atomic E-state index is 0.422. The number of nitrogens with two attached hydrogens (primary N) is 1. The number of benzene rings is 1. The zero-order chi connectivity index (χ0) is 20.5. The predicted octanol–water partition coefficient (Wildman–Crippen LogP) is 2.65. The van der Waals surface area contributed by atoms with Crippen LogP contribution in [0.15, 0.2) is 30.3 Å². The van der Waals surface area contributed by atoms with E-state index < -0.39 is 11.9 Å². The van der Waals surface area contributed by atoms with Gasteiger partial charge in [-0.3, -0.25) is 9.69 Å². The standard InChI is InChI=1S/C22H25N5O2S/c23-20(28)19(14-5-2-1-3-6-14)26-21-18-15-7-4-8-16(15)30-22(18)25-17(24-21)13-27-9-11-29-12-10-27/h1-3,5-6,19H,4,7-13H2,(H2,23,28)(H,24,25,26). The number of hydrogen-bond donors (Lipinski definition) is 2. The topological polar surface area (TPSA) is 93.4 Å². The number of ether oxygens (including phenoxy) is 1. The van der Waals surface area contributed by atoms with Crippen molar-refractivity contribution in [1.29, 1.82) is 0 Å². The SMILES string of the molecule is NC(=O)C(Nc1nc(CN2CCOCC2)nc2sc3c(c12)CCC3)c1ccccc1. The van der Waals surface area contributed by atoms with E-state index in [1.54, 1.807) is 11.3 Å². The molecule has 2 aliphatic rings. The van der Waals surface area contributed by atoms with Crippen LogP contribution in [0, 0.1) is 0 Å². The van der Waals surface area contributed by atoms with Crippen LogP contribution in [0.2, 0.25) is 0 Å². The molecule has 1 amide bonds. The molecule has 156 valence electrons. The zero-order valence-electron chi connectivity index (χ0n) is 16.8. The van der Waals surface area contributed by atoms with Crippen molar-refractivity contribution in [3.8, 4) is 0 Å². The number of fused-ring (bicyclic) bond motifs is 3. The highest BCUT2D eigenvalue weighted by atomic mass is 32.1. The summed E-state index contributed by atoms with van der Waals surface area (Å²) in [6.07, 6.45) is 3.28. The lowest BCUT2D eigenvalue weighted by Crippen LogP contribution is -2.36. The molecule has 0 bridgehead atoms. The van der Waals surface area contributed by atoms with Crippen molar-refractivity contribution >= 4 is 33.3 Å². The Kier molecular flexibility index (Phi) is 5.37. The van der Waals surface area contributed by atoms with Crippen LogP contribution in [0.1, 0.15) is 34.3 Å². The lowest BCUT2D eigenvalue weighted by molar-refractivity contribution is -0.118. The molecule has 2 aromatic heterocycles. The molecule has 3 N–H and O–H groups in total. The van der Waals surface area contributed by atoms with E-state index in [2.05, 4.69) is 10.2 Å². The fourth-order valence-electron chi connectivity index (χ4n) is 4.28. The molecule has 0 radical (unpaired) electrons. The molecule has 3 aromatic rings. The van der Waals surface area contributed by atoms with Gasteiger partial charge < -0.3 is 15.8 Å². The van der Waals surface area contributed by atoms with Crippen LogP contribution in [-0.2, 0) is 28.9 Å². The van der Waals surface area contributed by atoms with Gasteiger partial charge in [0.05, 0.1) is 25.1 Å². The molecule has 1 atom stereocenters. The number of primary amides is 1. The summed E-state index contributed by atoms with van der Waals surface area (Å²) in [6, 6.07) is 8.93. The van der Waals surface area contributed by atoms with E-state index in [4.69, 9.17) is 20.4 Å². The smallest absolute Gasteiger partial charge is 0.244 e. The maximum Gasteiger partial charge on any atom is 0.244 e. The lowest BCUT2D eigenvalue weighted by Gasteiger charge is -2.26. The van der Waals surface area contributed by atoms with Crippen molar-refractivity contribution in [2.45, 2.75) is 31.8 Å². The summed E-state index contributed by atoms with van der Waals surface area (Å²) in [7, 11) is 0. The molecule has 0 spiro atoms. The quantitative estimate of drug-likeness (QED) is 0.633. The van der Waals surface area contributed by atoms with Gasteiger partial charge in [0, 0.05) is 18.0 Å². The summed E-state index contributed by atoms with van der Waals surface area (Å²) in [5, 5.41) is 4.42. The van der Waals surface area contributed by atoms with Crippen LogP contribution in [0.3, 0.4) is 0 Å². The number of aryl methyl sites for hydroxylation is 2. The first kappa shape index (κ1) is 19.4. The van der Waals surface area contributed by atoms with E-state index >= 15 is 0 Å². The second kappa shape index (κ2) is 8.29. The molecule has 8 heteroatoms. The zero-order valence-corrected chi connectivity index (χ0v) is 17.6. The normalized spacial score (nSPS) is 17.7. The average Bonchev–Trinajstić information content (AvgIpc) is 3.34. The highest BCUT2D eigenvalue weighted by molar-refractivity contribution is 7.19. The maximum absolute atomic E-state index is 12.3. The number of thiophene rings is 1. The first-order valence-corrected chi connectivity index (χ1v) is 11.2. The summed E-state index contributed by atoms with van der Waals surface area (Å²) >= 11 is 1.76. The van der Waals surface area contributed by atoms with Crippen LogP contribution in [0.5, 0.6) is 0 Å². The summed E-state index contributed by atoms with van der Waals surface area (Å²) in [5.41, 5.74) is 7.93. The first-order chi connectivity index (χ1) is 14.7. The van der Waals surface area contributed by atoms with Gasteiger partial charge >= 0.3 is 0 Å². The average molecular weight is 424 g/mol. The Balaban J connectivity index is 1.55. The third-order valence-corrected chi connectivity index (χ3v) is 6.96. The summed E-state index contributed by atoms with van der Waals surface area (Å²) in [5.74, 6) is 1.06. The molecule has 7 nitrogen and oxygen atoms in total. The lowest BCUT2D eigenvalue weighted by atomic mass is 10.1. The van der Waals surface area contributed by atoms with E-state index in [0.29, 0.717) is 6.54 Å². The van der Waals surface area contributed by atoms with Gasteiger partial charge in [-0.25, -0.2) is 9.97 Å². The third kappa shape index (κ3) is 3.78. The number of amides is 1. The number of anilines is 1. The summed E-state index contributed by atoms with van der Waals surface area (Å²) < 4.78 is 5.46. The molecule has 1 aliphatic heterocycles. The number of carbonyl (C=O) groups is 1. The van der Waals surface area contributed by atoms with Crippen LogP contribution >= 0.6 is 11.3 Å². The van der Waals surface area contributed by atoms with Crippen molar-refractivity contribution in [2.75, 3.05) is 31.6 Å². The van der Waals surface area contributed by atoms with E-state index in [0.717, 1.165) is 73.0 Å². The number of aromatic nitrogens is 2. The van der Waals surface area contributed by atoms with Gasteiger partial charge in [0.15, 0.2) is 0 Å². The van der Waals surface area contributed by atoms with Crippen molar-refractivity contribution in [3.05, 3.63) is 52.2 Å². The highest BCUT2D eigenvalue weighted by Crippen LogP contribution is 2.40. The molecular weight excluding hydrogens is 398 g/mol. The van der Waals surface area contributed by atoms with Crippen LogP contribution in [0.25, 0.3) is 10.2 Å². The second-order valence-corrected chi connectivity index (χ2v) is 8.89. The van der Waals surface area contributed by atoms with Crippen molar-refractivity contribution in [2.24, 2.45) is 5.73 Å². The fourth-order valence-corrected chi connectivity index (χ4v) is 5.56. The second-order valence-electron chi connectivity index (χ2n) is 7.80. The van der Waals surface area contributed by atoms with Crippen LogP contribution < -0.4 is 11.1 Å². The molecule has 0 saturated carbocycles. The molecule has 1 aromatic carbocycles. The van der Waals surface area contributed by atoms with E-state index in [-0.39, 0.29) is 0 Å². The Morgan fingerprint density at radius 1 is 1.20 bits per heavy atom. The Morgan fingerprint density at radius 2 is 2.00 bits per heavy atom. The fraction of sp³-hybridized carbons (Fsp3) is 0.409. The van der Waals surface area contributed by atoms with Crippen LogP contribution in [0.4, 0.5) is 5.82 Å². The van der Waals surface area contributed by atoms with E-state index in [1.807, 2.05) is 30.3 Å². The molecular formula is C22H25N5O2S. The van der Waals surface area contributed by atoms with Gasteiger partial charge in [-0.05, 0) is 30.4 Å². The van der Waals surface area contributed by atoms with Gasteiger partial charge in [0.2, 0.25) is 5.91 Å². The molecule has 3 heterocycles. The molecule has 30 heavy (non-hydrogen) atoms. The molecule has 1 saturated heterocycles. The third-order valence-electron chi connectivity index (χ3n) is 5.78. The first-order valence-electron chi connectivity index (χ1n) is 10.4. The minimum atomic E-state index is -0.641. The van der Waals surface area contributed by atoms with Gasteiger partial charge in [-0.15, -0.1) is 11.3 Å². The molecule has 1 fully saturated rings. The Hall–Kier alpha value is -2.55. The number of nitrogens with one attached hydrogen (secondary N) is 1. The maximum atomic E-state index is 12.3. The van der Waals surface area contributed by atoms with Crippen molar-refractivity contribution < 1.29 is 9.53 Å². The minimum Gasteiger partial charge on any atom is -0.379 e. The number of carbonyl (C=O) groups excluding carboxylic acids is 1. The van der Waals surface area contributed by atoms with Gasteiger partial charge in [-0.2, -0.15) is 0 Å². The van der Waals surface area contributed by atoms with E-state index in [1.165, 1.54) is 10.4 Å². The Bertz CT molecular complexity index is 1060. The number of rotatable bonds is 6. The molecule has 1 aliphatic carbocycles. The van der Waals surface area contributed by atoms with Crippen molar-refractivity contribution in [3.63, 3.8) is 0 Å². The summed E-state index contributed by atoms with van der Waals surface area (Å²) in [4.78, 5) is 26.8. The van der Waals surface area contributed by atoms with Crippen molar-refractivity contribution in [1.82, 2.24) is 14.9 Å². The Labute approximate surface area is 179 Å². The highest BCUT2D eigenvalue weighted by Gasteiger charge is 2.26.